The third kappa shape index (κ3) is 3.88. The fourth-order valence-electron chi connectivity index (χ4n) is 4.16. The number of aromatic nitrogens is 1. The smallest absolute Gasteiger partial charge is 0.258 e. The van der Waals surface area contributed by atoms with Gasteiger partial charge in [0.25, 0.3) is 5.91 Å². The van der Waals surface area contributed by atoms with Crippen molar-refractivity contribution in [2.24, 2.45) is 5.92 Å². The molecule has 1 N–H and O–H groups in total. The monoisotopic (exact) mass is 431 g/mol. The number of amides is 2. The van der Waals surface area contributed by atoms with Crippen molar-refractivity contribution in [1.82, 2.24) is 10.3 Å². The van der Waals surface area contributed by atoms with Gasteiger partial charge in [-0.15, -0.1) is 11.3 Å². The molecule has 0 saturated heterocycles. The second kappa shape index (κ2) is 7.93. The molecular formula is C25H25N3O2S. The predicted molar refractivity (Wildman–Crippen MR) is 123 cm³/mol. The first-order chi connectivity index (χ1) is 15.0. The maximum atomic E-state index is 13.5. The summed E-state index contributed by atoms with van der Waals surface area (Å²) < 4.78 is 0. The van der Waals surface area contributed by atoms with Crippen molar-refractivity contribution in [2.45, 2.75) is 39.7 Å². The molecule has 6 heteroatoms. The van der Waals surface area contributed by atoms with E-state index >= 15 is 0 Å². The van der Waals surface area contributed by atoms with Crippen LogP contribution in [0.5, 0.6) is 0 Å². The van der Waals surface area contributed by atoms with Gasteiger partial charge in [-0.05, 0) is 56.0 Å². The van der Waals surface area contributed by atoms with Gasteiger partial charge in [0.15, 0.2) is 0 Å². The van der Waals surface area contributed by atoms with Gasteiger partial charge in [-0.1, -0.05) is 24.3 Å². The van der Waals surface area contributed by atoms with Crippen LogP contribution in [0.1, 0.15) is 44.2 Å². The fraction of sp³-hybridized carbons (Fsp3) is 0.320. The van der Waals surface area contributed by atoms with E-state index in [-0.39, 0.29) is 17.7 Å². The van der Waals surface area contributed by atoms with Crippen molar-refractivity contribution in [2.75, 3.05) is 11.4 Å². The van der Waals surface area contributed by atoms with Gasteiger partial charge in [-0.3, -0.25) is 9.59 Å². The topological polar surface area (TPSA) is 62.3 Å². The van der Waals surface area contributed by atoms with Crippen molar-refractivity contribution < 1.29 is 9.59 Å². The number of nitrogens with one attached hydrogen (secondary N) is 1. The Morgan fingerprint density at radius 1 is 1.16 bits per heavy atom. The van der Waals surface area contributed by atoms with Crippen molar-refractivity contribution in [3.63, 3.8) is 0 Å². The minimum absolute atomic E-state index is 0.00371. The highest BCUT2D eigenvalue weighted by Crippen LogP contribution is 2.38. The number of carbonyl (C=O) groups is 2. The second-order valence-electron chi connectivity index (χ2n) is 8.36. The molecule has 0 bridgehead atoms. The molecule has 2 aliphatic rings. The first kappa shape index (κ1) is 19.9. The molecule has 5 nitrogen and oxygen atoms in total. The van der Waals surface area contributed by atoms with Crippen LogP contribution in [-0.2, 0) is 17.8 Å². The average molecular weight is 432 g/mol. The summed E-state index contributed by atoms with van der Waals surface area (Å²) in [4.78, 5) is 33.3. The maximum absolute atomic E-state index is 13.5. The molecule has 1 aromatic heterocycles. The van der Waals surface area contributed by atoms with Gasteiger partial charge in [0.1, 0.15) is 0 Å². The number of fused-ring (bicyclic) bond motifs is 3. The Morgan fingerprint density at radius 2 is 1.97 bits per heavy atom. The summed E-state index contributed by atoms with van der Waals surface area (Å²) in [5.74, 6) is 0.332. The zero-order valence-electron chi connectivity index (χ0n) is 17.8. The molecule has 0 radical (unpaired) electrons. The number of nitrogens with zero attached hydrogens (tertiary/aromatic N) is 2. The molecule has 3 aromatic rings. The van der Waals surface area contributed by atoms with E-state index in [4.69, 9.17) is 4.98 Å². The largest absolute Gasteiger partial charge is 0.352 e. The number of hydrogen-bond acceptors (Lipinski definition) is 4. The van der Waals surface area contributed by atoms with E-state index in [1.54, 1.807) is 11.3 Å². The van der Waals surface area contributed by atoms with Gasteiger partial charge in [0, 0.05) is 41.4 Å². The highest BCUT2D eigenvalue weighted by molar-refractivity contribution is 7.12. The Morgan fingerprint density at radius 3 is 2.74 bits per heavy atom. The fourth-order valence-corrected chi connectivity index (χ4v) is 5.10. The second-order valence-corrected chi connectivity index (χ2v) is 9.65. The van der Waals surface area contributed by atoms with E-state index < -0.39 is 0 Å². The Kier molecular flexibility index (Phi) is 5.10. The lowest BCUT2D eigenvalue weighted by Crippen LogP contribution is -2.32. The molecule has 2 amide bonds. The summed E-state index contributed by atoms with van der Waals surface area (Å²) in [5, 5.41) is 4.06. The third-order valence-electron chi connectivity index (χ3n) is 6.05. The molecule has 1 saturated carbocycles. The SMILES string of the molecule is Cc1nc2c(s1)CCN(C(=O)c1ccc(CNC(=O)C3CC3)c(C)c1)c1ccccc1-2. The summed E-state index contributed by atoms with van der Waals surface area (Å²) in [6, 6.07) is 13.8. The molecule has 31 heavy (non-hydrogen) atoms. The molecule has 1 aliphatic heterocycles. The van der Waals surface area contributed by atoms with E-state index in [0.29, 0.717) is 18.7 Å². The molecule has 0 atom stereocenters. The quantitative estimate of drug-likeness (QED) is 0.654. The first-order valence-corrected chi connectivity index (χ1v) is 11.6. The van der Waals surface area contributed by atoms with Crippen LogP contribution in [0.3, 0.4) is 0 Å². The lowest BCUT2D eigenvalue weighted by Gasteiger charge is -2.23. The highest BCUT2D eigenvalue weighted by atomic mass is 32.1. The molecule has 2 heterocycles. The molecule has 1 aliphatic carbocycles. The third-order valence-corrected chi connectivity index (χ3v) is 7.08. The standard InChI is InChI=1S/C25H25N3O2S/c1-15-13-18(9-10-19(15)14-26-24(29)17-7-8-17)25(30)28-12-11-22-23(27-16(2)31-22)20-5-3-4-6-21(20)28/h3-6,9-10,13,17H,7-8,11-12,14H2,1-2H3,(H,26,29). The van der Waals surface area contributed by atoms with Crippen LogP contribution >= 0.6 is 11.3 Å². The van der Waals surface area contributed by atoms with Crippen molar-refractivity contribution in [3.8, 4) is 11.3 Å². The number of carbonyl (C=O) groups excluding carboxylic acids is 2. The summed E-state index contributed by atoms with van der Waals surface area (Å²) in [5.41, 5.74) is 5.66. The van der Waals surface area contributed by atoms with Crippen LogP contribution in [0.25, 0.3) is 11.3 Å². The number of para-hydroxylation sites is 1. The van der Waals surface area contributed by atoms with Gasteiger partial charge in [-0.25, -0.2) is 4.98 Å². The van der Waals surface area contributed by atoms with Crippen LogP contribution in [0.4, 0.5) is 5.69 Å². The lowest BCUT2D eigenvalue weighted by molar-refractivity contribution is -0.122. The van der Waals surface area contributed by atoms with Crippen LogP contribution in [-0.4, -0.2) is 23.3 Å². The molecule has 0 spiro atoms. The number of anilines is 1. The predicted octanol–water partition coefficient (Wildman–Crippen LogP) is 4.66. The number of rotatable bonds is 4. The van der Waals surface area contributed by atoms with Gasteiger partial charge < -0.3 is 10.2 Å². The maximum Gasteiger partial charge on any atom is 0.258 e. The van der Waals surface area contributed by atoms with Gasteiger partial charge in [0.05, 0.1) is 16.4 Å². The minimum atomic E-state index is -0.00371. The summed E-state index contributed by atoms with van der Waals surface area (Å²) >= 11 is 1.71. The molecular weight excluding hydrogens is 406 g/mol. The Balaban J connectivity index is 1.40. The molecule has 158 valence electrons. The lowest BCUT2D eigenvalue weighted by atomic mass is 10.0. The van der Waals surface area contributed by atoms with E-state index in [9.17, 15) is 9.59 Å². The highest BCUT2D eigenvalue weighted by Gasteiger charge is 2.29. The molecule has 1 fully saturated rings. The Bertz CT molecular complexity index is 1180. The number of benzene rings is 2. The van der Waals surface area contributed by atoms with Gasteiger partial charge >= 0.3 is 0 Å². The van der Waals surface area contributed by atoms with Gasteiger partial charge in [0.2, 0.25) is 5.91 Å². The van der Waals surface area contributed by atoms with Crippen molar-refractivity contribution >= 4 is 28.8 Å². The van der Waals surface area contributed by atoms with Gasteiger partial charge in [-0.2, -0.15) is 0 Å². The average Bonchev–Trinajstić information content (AvgIpc) is 3.57. The van der Waals surface area contributed by atoms with E-state index in [2.05, 4.69) is 11.4 Å². The zero-order chi connectivity index (χ0) is 21.5. The zero-order valence-corrected chi connectivity index (χ0v) is 18.6. The van der Waals surface area contributed by atoms with Crippen LogP contribution < -0.4 is 10.2 Å². The Labute approximate surface area is 186 Å². The van der Waals surface area contributed by atoms with Crippen molar-refractivity contribution in [3.05, 3.63) is 69.0 Å². The van der Waals surface area contributed by atoms with Crippen LogP contribution in [0.15, 0.2) is 42.5 Å². The number of hydrogen-bond donors (Lipinski definition) is 1. The first-order valence-electron chi connectivity index (χ1n) is 10.8. The summed E-state index contributed by atoms with van der Waals surface area (Å²) in [7, 11) is 0. The Hall–Kier alpha value is -2.99. The van der Waals surface area contributed by atoms with Crippen LogP contribution in [0.2, 0.25) is 0 Å². The molecule has 0 unspecified atom stereocenters. The van der Waals surface area contributed by atoms with E-state index in [0.717, 1.165) is 52.3 Å². The van der Waals surface area contributed by atoms with E-state index in [1.165, 1.54) is 4.88 Å². The molecule has 2 aromatic carbocycles. The van der Waals surface area contributed by atoms with Crippen LogP contribution in [0, 0.1) is 19.8 Å². The molecule has 5 rings (SSSR count). The number of thiazole rings is 1. The van der Waals surface area contributed by atoms with E-state index in [1.807, 2.05) is 55.1 Å². The number of aryl methyl sites for hydroxylation is 2. The van der Waals surface area contributed by atoms with Crippen molar-refractivity contribution in [1.29, 1.82) is 0 Å². The summed E-state index contributed by atoms with van der Waals surface area (Å²) in [6.45, 7) is 5.16. The minimum Gasteiger partial charge on any atom is -0.352 e. The normalized spacial score (nSPS) is 15.1. The summed E-state index contributed by atoms with van der Waals surface area (Å²) in [6.07, 6.45) is 2.79.